The first-order valence-corrected chi connectivity index (χ1v) is 11.0. The average Bonchev–Trinajstić information content (AvgIpc) is 3.43. The van der Waals surface area contributed by atoms with Crippen LogP contribution in [0.4, 0.5) is 0 Å². The number of halogens is 1. The zero-order valence-electron chi connectivity index (χ0n) is 17.7. The molecule has 3 aromatic rings. The van der Waals surface area contributed by atoms with Gasteiger partial charge in [0.2, 0.25) is 19.3 Å². The molecule has 0 radical (unpaired) electrons. The van der Waals surface area contributed by atoms with E-state index in [1.54, 1.807) is 0 Å². The number of benzene rings is 2. The van der Waals surface area contributed by atoms with Crippen LogP contribution in [-0.4, -0.2) is 13.6 Å². The number of aryl methyl sites for hydroxylation is 3. The molecular weight excluding hydrogens is 414 g/mol. The number of hydrogen-bond donors (Lipinski definition) is 0. The lowest BCUT2D eigenvalue weighted by Crippen LogP contribution is -3.00. The lowest BCUT2D eigenvalue weighted by molar-refractivity contribution is -0.685. The second-order valence-corrected chi connectivity index (χ2v) is 8.33. The molecule has 0 atom stereocenters. The molecule has 0 spiro atoms. The van der Waals surface area contributed by atoms with Crippen molar-refractivity contribution >= 4 is 10.8 Å². The van der Waals surface area contributed by atoms with Crippen LogP contribution in [-0.2, 0) is 19.4 Å². The number of rotatable bonds is 5. The first-order valence-electron chi connectivity index (χ1n) is 11.0. The molecule has 0 N–H and O–H groups in total. The van der Waals surface area contributed by atoms with Gasteiger partial charge in [0, 0.05) is 17.4 Å². The number of fused-ring (bicyclic) bond motifs is 8. The highest BCUT2D eigenvalue weighted by molar-refractivity contribution is 5.95. The second kappa shape index (κ2) is 8.12. The maximum Gasteiger partial charge on any atom is 0.231 e. The van der Waals surface area contributed by atoms with Crippen molar-refractivity contribution in [3.05, 3.63) is 41.6 Å². The van der Waals surface area contributed by atoms with Crippen molar-refractivity contribution in [2.45, 2.75) is 52.0 Å². The van der Waals surface area contributed by atoms with Crippen LogP contribution in [0.5, 0.6) is 23.0 Å². The Hall–Kier alpha value is -2.66. The Kier molecular flexibility index (Phi) is 5.30. The largest absolute Gasteiger partial charge is 1.00 e. The summed E-state index contributed by atoms with van der Waals surface area (Å²) < 4.78 is 25.3. The Morgan fingerprint density at radius 1 is 0.839 bits per heavy atom. The Labute approximate surface area is 188 Å². The van der Waals surface area contributed by atoms with E-state index in [0.29, 0.717) is 13.6 Å². The third kappa shape index (κ3) is 3.26. The standard InChI is InChI=1S/C25H26NO4.ClH/c1-2-3-4-5-10-26-13-20-17(8-9-21-25(20)30-15-27-21)18-7-6-16-11-22-23(29-14-28-22)12-19(16)24(18)26;/h8-9,11-13H,2-7,10,14-15H2,1H3;1H/q+1;/p-1. The summed E-state index contributed by atoms with van der Waals surface area (Å²) >= 11 is 0. The van der Waals surface area contributed by atoms with Gasteiger partial charge in [-0.2, -0.15) is 4.57 Å². The van der Waals surface area contributed by atoms with E-state index in [1.165, 1.54) is 53.5 Å². The van der Waals surface area contributed by atoms with Gasteiger partial charge in [0.1, 0.15) is 6.54 Å². The number of pyridine rings is 1. The molecule has 0 unspecified atom stereocenters. The average molecular weight is 440 g/mol. The molecule has 2 aliphatic heterocycles. The van der Waals surface area contributed by atoms with Crippen molar-refractivity contribution in [3.8, 4) is 34.3 Å². The van der Waals surface area contributed by atoms with Gasteiger partial charge in [-0.1, -0.05) is 19.8 Å². The minimum absolute atomic E-state index is 0. The summed E-state index contributed by atoms with van der Waals surface area (Å²) in [6.07, 6.45) is 9.21. The van der Waals surface area contributed by atoms with E-state index in [1.807, 2.05) is 6.07 Å². The summed E-state index contributed by atoms with van der Waals surface area (Å²) in [5.41, 5.74) is 5.33. The van der Waals surface area contributed by atoms with E-state index in [-0.39, 0.29) is 12.4 Å². The van der Waals surface area contributed by atoms with Crippen molar-refractivity contribution < 1.29 is 35.9 Å². The molecule has 0 amide bonds. The lowest BCUT2D eigenvalue weighted by atomic mass is 9.85. The van der Waals surface area contributed by atoms with Crippen LogP contribution in [0.2, 0.25) is 0 Å². The van der Waals surface area contributed by atoms with Crippen molar-refractivity contribution in [2.75, 3.05) is 13.6 Å². The number of nitrogens with zero attached hydrogens (tertiary/aromatic N) is 1. The molecule has 0 bridgehead atoms. The third-order valence-corrected chi connectivity index (χ3v) is 6.51. The van der Waals surface area contributed by atoms with Gasteiger partial charge >= 0.3 is 0 Å². The number of aromatic nitrogens is 1. The SMILES string of the molecule is CCCCCC[n+]1cc2c3c(ccc2c2c1-c1cc4c(cc1CC2)OCO4)OCO3.[Cl-]. The molecule has 6 rings (SSSR count). The molecule has 1 aliphatic carbocycles. The van der Waals surface area contributed by atoms with Gasteiger partial charge in [0.25, 0.3) is 0 Å². The monoisotopic (exact) mass is 439 g/mol. The minimum Gasteiger partial charge on any atom is -1.00 e. The Bertz CT molecular complexity index is 1160. The molecule has 3 heterocycles. The smallest absolute Gasteiger partial charge is 0.231 e. The second-order valence-electron chi connectivity index (χ2n) is 8.33. The lowest BCUT2D eigenvalue weighted by Gasteiger charge is -2.21. The van der Waals surface area contributed by atoms with Gasteiger partial charge < -0.3 is 31.4 Å². The minimum atomic E-state index is 0. The van der Waals surface area contributed by atoms with Crippen LogP contribution >= 0.6 is 0 Å². The quantitative estimate of drug-likeness (QED) is 0.450. The van der Waals surface area contributed by atoms with Crippen molar-refractivity contribution in [1.29, 1.82) is 0 Å². The maximum absolute atomic E-state index is 5.86. The van der Waals surface area contributed by atoms with Gasteiger partial charge in [-0.25, -0.2) is 0 Å². The van der Waals surface area contributed by atoms with E-state index in [0.717, 1.165) is 47.8 Å². The predicted molar refractivity (Wildman–Crippen MR) is 113 cm³/mol. The van der Waals surface area contributed by atoms with Crippen LogP contribution < -0.4 is 35.9 Å². The third-order valence-electron chi connectivity index (χ3n) is 6.51. The van der Waals surface area contributed by atoms with Crippen molar-refractivity contribution in [1.82, 2.24) is 0 Å². The zero-order chi connectivity index (χ0) is 20.1. The molecule has 0 saturated heterocycles. The molecule has 5 nitrogen and oxygen atoms in total. The topological polar surface area (TPSA) is 40.8 Å². The molecule has 162 valence electrons. The number of hydrogen-bond acceptors (Lipinski definition) is 4. The van der Waals surface area contributed by atoms with Crippen molar-refractivity contribution in [2.24, 2.45) is 0 Å². The van der Waals surface area contributed by atoms with Crippen LogP contribution in [0.25, 0.3) is 22.0 Å². The van der Waals surface area contributed by atoms with Gasteiger partial charge in [0.15, 0.2) is 29.2 Å². The zero-order valence-corrected chi connectivity index (χ0v) is 18.5. The molecule has 31 heavy (non-hydrogen) atoms. The highest BCUT2D eigenvalue weighted by Gasteiger charge is 2.32. The van der Waals surface area contributed by atoms with E-state index in [4.69, 9.17) is 18.9 Å². The number of ether oxygens (including phenoxy) is 4. The predicted octanol–water partition coefficient (Wildman–Crippen LogP) is 1.93. The molecule has 2 aromatic carbocycles. The van der Waals surface area contributed by atoms with Crippen molar-refractivity contribution in [3.63, 3.8) is 0 Å². The molecular formula is C25H26ClNO4. The van der Waals surface area contributed by atoms with E-state index in [9.17, 15) is 0 Å². The summed E-state index contributed by atoms with van der Waals surface area (Å²) in [4.78, 5) is 0. The first-order chi connectivity index (χ1) is 14.8. The number of unbranched alkanes of at least 4 members (excludes halogenated alkanes) is 3. The van der Waals surface area contributed by atoms with E-state index in [2.05, 4.69) is 35.9 Å². The normalized spacial score (nSPS) is 14.9. The summed E-state index contributed by atoms with van der Waals surface area (Å²) in [7, 11) is 0. The maximum atomic E-state index is 5.86. The molecule has 6 heteroatoms. The fourth-order valence-electron chi connectivity index (χ4n) is 5.03. The first kappa shape index (κ1) is 20.3. The highest BCUT2D eigenvalue weighted by atomic mass is 35.5. The summed E-state index contributed by atoms with van der Waals surface area (Å²) in [5.74, 6) is 3.45. The Morgan fingerprint density at radius 3 is 2.52 bits per heavy atom. The van der Waals surface area contributed by atoms with Crippen LogP contribution in [0.15, 0.2) is 30.5 Å². The van der Waals surface area contributed by atoms with Gasteiger partial charge in [-0.15, -0.1) is 0 Å². The molecule has 0 saturated carbocycles. The van der Waals surface area contributed by atoms with Gasteiger partial charge in [-0.05, 0) is 49.1 Å². The van der Waals surface area contributed by atoms with Crippen LogP contribution in [0, 0.1) is 0 Å². The van der Waals surface area contributed by atoms with E-state index >= 15 is 0 Å². The van der Waals surface area contributed by atoms with Gasteiger partial charge in [-0.3, -0.25) is 0 Å². The summed E-state index contributed by atoms with van der Waals surface area (Å²) in [6, 6.07) is 8.59. The fraction of sp³-hybridized carbons (Fsp3) is 0.400. The summed E-state index contributed by atoms with van der Waals surface area (Å²) in [6.45, 7) is 3.86. The molecule has 1 aromatic heterocycles. The fourth-order valence-corrected chi connectivity index (χ4v) is 5.03. The molecule has 0 fully saturated rings. The highest BCUT2D eigenvalue weighted by Crippen LogP contribution is 2.45. The van der Waals surface area contributed by atoms with Crippen LogP contribution in [0.3, 0.4) is 0 Å². The van der Waals surface area contributed by atoms with Crippen LogP contribution in [0.1, 0.15) is 43.7 Å². The Balaban J connectivity index is 0.00000204. The Morgan fingerprint density at radius 2 is 1.65 bits per heavy atom. The van der Waals surface area contributed by atoms with Gasteiger partial charge in [0.05, 0.1) is 10.9 Å². The molecule has 3 aliphatic rings. The van der Waals surface area contributed by atoms with E-state index < -0.39 is 0 Å². The summed E-state index contributed by atoms with van der Waals surface area (Å²) in [5, 5.41) is 2.42.